The Morgan fingerprint density at radius 3 is 3.06 bits per heavy atom. The van der Waals surface area contributed by atoms with E-state index in [2.05, 4.69) is 10.6 Å². The van der Waals surface area contributed by atoms with Crippen molar-refractivity contribution in [3.8, 4) is 0 Å². The molecule has 1 fully saturated rings. The zero-order chi connectivity index (χ0) is 13.0. The number of benzene rings is 1. The molecule has 1 heterocycles. The van der Waals surface area contributed by atoms with Gasteiger partial charge in [-0.3, -0.25) is 4.79 Å². The number of rotatable bonds is 4. The fraction of sp³-hybridized carbons (Fsp3) is 0.462. The molecular formula is C13H17FN2O2. The second-order valence-electron chi connectivity index (χ2n) is 4.39. The molecule has 1 unspecified atom stereocenters. The summed E-state index contributed by atoms with van der Waals surface area (Å²) < 4.78 is 19.0. The lowest BCUT2D eigenvalue weighted by atomic mass is 10.2. The third-order valence-electron chi connectivity index (χ3n) is 2.83. The van der Waals surface area contributed by atoms with Crippen LogP contribution in [0.4, 0.5) is 15.8 Å². The zero-order valence-electron chi connectivity index (χ0n) is 10.3. The average molecular weight is 252 g/mol. The molecule has 0 saturated carbocycles. The van der Waals surface area contributed by atoms with Crippen molar-refractivity contribution >= 4 is 17.3 Å². The molecule has 0 bridgehead atoms. The maximum absolute atomic E-state index is 13.6. The van der Waals surface area contributed by atoms with E-state index in [0.29, 0.717) is 17.9 Å². The first-order chi connectivity index (χ1) is 8.65. The van der Waals surface area contributed by atoms with E-state index in [1.165, 1.54) is 19.1 Å². The second kappa shape index (κ2) is 5.82. The largest absolute Gasteiger partial charge is 0.380 e. The molecule has 2 N–H and O–H groups in total. The SMILES string of the molecule is CC(=O)Nc1ccc(F)c(NCC2CCCO2)c1. The number of ether oxygens (including phenoxy) is 1. The van der Waals surface area contributed by atoms with Crippen molar-refractivity contribution in [1.29, 1.82) is 0 Å². The molecule has 1 aliphatic heterocycles. The van der Waals surface area contributed by atoms with E-state index in [0.717, 1.165) is 19.4 Å². The number of halogens is 1. The molecule has 1 amide bonds. The normalized spacial score (nSPS) is 18.7. The monoisotopic (exact) mass is 252 g/mol. The van der Waals surface area contributed by atoms with Crippen LogP contribution < -0.4 is 10.6 Å². The maximum Gasteiger partial charge on any atom is 0.221 e. The van der Waals surface area contributed by atoms with Gasteiger partial charge in [-0.25, -0.2) is 4.39 Å². The van der Waals surface area contributed by atoms with E-state index in [4.69, 9.17) is 4.74 Å². The summed E-state index contributed by atoms with van der Waals surface area (Å²) in [6, 6.07) is 4.46. The Kier molecular flexibility index (Phi) is 4.15. The van der Waals surface area contributed by atoms with Crippen molar-refractivity contribution < 1.29 is 13.9 Å². The van der Waals surface area contributed by atoms with Crippen LogP contribution in [0.3, 0.4) is 0 Å². The van der Waals surface area contributed by atoms with Gasteiger partial charge in [0.05, 0.1) is 11.8 Å². The molecule has 1 aromatic carbocycles. The summed E-state index contributed by atoms with van der Waals surface area (Å²) in [7, 11) is 0. The summed E-state index contributed by atoms with van der Waals surface area (Å²) in [6.07, 6.45) is 2.20. The Bertz CT molecular complexity index is 431. The Morgan fingerprint density at radius 1 is 1.56 bits per heavy atom. The minimum absolute atomic E-state index is 0.147. The van der Waals surface area contributed by atoms with Crippen LogP contribution in [-0.4, -0.2) is 25.2 Å². The van der Waals surface area contributed by atoms with Gasteiger partial charge in [0.25, 0.3) is 0 Å². The van der Waals surface area contributed by atoms with Gasteiger partial charge in [-0.1, -0.05) is 0 Å². The standard InChI is InChI=1S/C13H17FN2O2/c1-9(17)16-10-4-5-12(14)13(7-10)15-8-11-3-2-6-18-11/h4-5,7,11,15H,2-3,6,8H2,1H3,(H,16,17). The predicted molar refractivity (Wildman–Crippen MR) is 68.2 cm³/mol. The summed E-state index contributed by atoms with van der Waals surface area (Å²) in [6.45, 7) is 2.78. The van der Waals surface area contributed by atoms with Gasteiger partial charge >= 0.3 is 0 Å². The number of hydrogen-bond acceptors (Lipinski definition) is 3. The molecule has 98 valence electrons. The molecule has 0 aliphatic carbocycles. The highest BCUT2D eigenvalue weighted by Gasteiger charge is 2.15. The van der Waals surface area contributed by atoms with E-state index in [9.17, 15) is 9.18 Å². The molecule has 1 aromatic rings. The number of carbonyl (C=O) groups excluding carboxylic acids is 1. The van der Waals surface area contributed by atoms with Gasteiger partial charge < -0.3 is 15.4 Å². The fourth-order valence-corrected chi connectivity index (χ4v) is 1.97. The van der Waals surface area contributed by atoms with Crippen molar-refractivity contribution in [3.63, 3.8) is 0 Å². The predicted octanol–water partition coefficient (Wildman–Crippen LogP) is 2.38. The number of hydrogen-bond donors (Lipinski definition) is 2. The van der Waals surface area contributed by atoms with Crippen LogP contribution in [0.5, 0.6) is 0 Å². The van der Waals surface area contributed by atoms with Gasteiger partial charge in [0, 0.05) is 25.8 Å². The lowest BCUT2D eigenvalue weighted by molar-refractivity contribution is -0.114. The third-order valence-corrected chi connectivity index (χ3v) is 2.83. The van der Waals surface area contributed by atoms with Gasteiger partial charge in [0.1, 0.15) is 5.82 Å². The summed E-state index contributed by atoms with van der Waals surface area (Å²) in [5, 5.41) is 5.64. The first kappa shape index (κ1) is 12.8. The average Bonchev–Trinajstić information content (AvgIpc) is 2.82. The molecule has 1 saturated heterocycles. The van der Waals surface area contributed by atoms with E-state index < -0.39 is 0 Å². The number of nitrogens with one attached hydrogen (secondary N) is 2. The topological polar surface area (TPSA) is 50.4 Å². The van der Waals surface area contributed by atoms with Crippen LogP contribution in [0.1, 0.15) is 19.8 Å². The molecule has 0 radical (unpaired) electrons. The molecule has 18 heavy (non-hydrogen) atoms. The Morgan fingerprint density at radius 2 is 2.39 bits per heavy atom. The van der Waals surface area contributed by atoms with Crippen LogP contribution in [-0.2, 0) is 9.53 Å². The Labute approximate surface area is 106 Å². The van der Waals surface area contributed by atoms with Crippen LogP contribution in [0.15, 0.2) is 18.2 Å². The van der Waals surface area contributed by atoms with E-state index in [1.54, 1.807) is 6.07 Å². The lowest BCUT2D eigenvalue weighted by Crippen LogP contribution is -2.19. The highest BCUT2D eigenvalue weighted by atomic mass is 19.1. The number of anilines is 2. The molecule has 1 aliphatic rings. The Hall–Kier alpha value is -1.62. The van der Waals surface area contributed by atoms with Gasteiger partial charge in [-0.15, -0.1) is 0 Å². The highest BCUT2D eigenvalue weighted by Crippen LogP contribution is 2.21. The summed E-state index contributed by atoms with van der Waals surface area (Å²) in [5.41, 5.74) is 0.968. The highest BCUT2D eigenvalue weighted by molar-refractivity contribution is 5.89. The number of amides is 1. The summed E-state index contributed by atoms with van der Waals surface area (Å²) >= 11 is 0. The van der Waals surface area contributed by atoms with Crippen LogP contribution in [0.2, 0.25) is 0 Å². The van der Waals surface area contributed by atoms with Crippen molar-refractivity contribution in [3.05, 3.63) is 24.0 Å². The van der Waals surface area contributed by atoms with Gasteiger partial charge in [0.15, 0.2) is 0 Å². The molecule has 0 aromatic heterocycles. The van der Waals surface area contributed by atoms with Crippen molar-refractivity contribution in [2.24, 2.45) is 0 Å². The molecule has 2 rings (SSSR count). The zero-order valence-corrected chi connectivity index (χ0v) is 10.3. The first-order valence-corrected chi connectivity index (χ1v) is 6.08. The minimum atomic E-state index is -0.331. The molecular weight excluding hydrogens is 235 g/mol. The van der Waals surface area contributed by atoms with Crippen molar-refractivity contribution in [2.75, 3.05) is 23.8 Å². The van der Waals surface area contributed by atoms with Crippen LogP contribution in [0.25, 0.3) is 0 Å². The van der Waals surface area contributed by atoms with E-state index in [-0.39, 0.29) is 17.8 Å². The van der Waals surface area contributed by atoms with E-state index >= 15 is 0 Å². The van der Waals surface area contributed by atoms with E-state index in [1.807, 2.05) is 0 Å². The van der Waals surface area contributed by atoms with Gasteiger partial charge in [-0.05, 0) is 31.0 Å². The van der Waals surface area contributed by atoms with Gasteiger partial charge in [-0.2, -0.15) is 0 Å². The lowest BCUT2D eigenvalue weighted by Gasteiger charge is -2.13. The fourth-order valence-electron chi connectivity index (χ4n) is 1.97. The second-order valence-corrected chi connectivity index (χ2v) is 4.39. The quantitative estimate of drug-likeness (QED) is 0.865. The summed E-state index contributed by atoms with van der Waals surface area (Å²) in [4.78, 5) is 10.9. The molecule has 5 heteroatoms. The molecule has 0 spiro atoms. The third kappa shape index (κ3) is 3.43. The molecule has 1 atom stereocenters. The smallest absolute Gasteiger partial charge is 0.221 e. The Balaban J connectivity index is 1.98. The summed E-state index contributed by atoms with van der Waals surface area (Å²) in [5.74, 6) is -0.506. The maximum atomic E-state index is 13.6. The van der Waals surface area contributed by atoms with Crippen LogP contribution >= 0.6 is 0 Å². The first-order valence-electron chi connectivity index (χ1n) is 6.08. The minimum Gasteiger partial charge on any atom is -0.380 e. The van der Waals surface area contributed by atoms with Crippen molar-refractivity contribution in [2.45, 2.75) is 25.9 Å². The van der Waals surface area contributed by atoms with Gasteiger partial charge in [0.2, 0.25) is 5.91 Å². The van der Waals surface area contributed by atoms with Crippen LogP contribution in [0, 0.1) is 5.82 Å². The molecule has 4 nitrogen and oxygen atoms in total. The van der Waals surface area contributed by atoms with Crippen molar-refractivity contribution in [1.82, 2.24) is 0 Å². The number of carbonyl (C=O) groups is 1.